The molecule has 1 aromatic heterocycles. The molecule has 7 heteroatoms. The Morgan fingerprint density at radius 1 is 1.27 bits per heavy atom. The van der Waals surface area contributed by atoms with E-state index in [2.05, 4.69) is 14.9 Å². The van der Waals surface area contributed by atoms with Crippen LogP contribution < -0.4 is 10.5 Å². The van der Waals surface area contributed by atoms with Crippen molar-refractivity contribution >= 4 is 11.8 Å². The van der Waals surface area contributed by atoms with Crippen molar-refractivity contribution < 1.29 is 14.6 Å². The number of carbonyl (C=O) groups is 1. The third-order valence-electron chi connectivity index (χ3n) is 4.58. The van der Waals surface area contributed by atoms with E-state index in [0.29, 0.717) is 17.5 Å². The standard InChI is InChI=1S/C19H24N4O3/c20-19-17(21-7-8-22-19)10-15-2-1-9-23(12-15)11-14-3-5-16(6-4-14)26-13-18(24)25/h3-8,15H,1-2,9-13H2,(H2,20,22)(H,24,25). The number of aliphatic carboxylic acids is 1. The highest BCUT2D eigenvalue weighted by atomic mass is 16.5. The van der Waals surface area contributed by atoms with Crippen molar-refractivity contribution in [2.75, 3.05) is 25.4 Å². The summed E-state index contributed by atoms with van der Waals surface area (Å²) in [6.07, 6.45) is 6.51. The van der Waals surface area contributed by atoms with Crippen molar-refractivity contribution in [1.29, 1.82) is 0 Å². The van der Waals surface area contributed by atoms with Crippen LogP contribution in [0.2, 0.25) is 0 Å². The number of ether oxygens (including phenoxy) is 1. The Kier molecular flexibility index (Phi) is 6.01. The van der Waals surface area contributed by atoms with Gasteiger partial charge in [-0.1, -0.05) is 12.1 Å². The van der Waals surface area contributed by atoms with Gasteiger partial charge in [-0.3, -0.25) is 9.88 Å². The molecule has 0 amide bonds. The monoisotopic (exact) mass is 356 g/mol. The molecule has 1 saturated heterocycles. The highest BCUT2D eigenvalue weighted by Crippen LogP contribution is 2.23. The highest BCUT2D eigenvalue weighted by molar-refractivity contribution is 5.68. The molecule has 2 aromatic rings. The summed E-state index contributed by atoms with van der Waals surface area (Å²) in [5.74, 6) is 0.658. The number of carboxylic acid groups (broad SMARTS) is 1. The molecule has 138 valence electrons. The van der Waals surface area contributed by atoms with Crippen molar-refractivity contribution in [3.8, 4) is 5.75 Å². The number of hydrogen-bond acceptors (Lipinski definition) is 6. The van der Waals surface area contributed by atoms with Crippen molar-refractivity contribution in [2.24, 2.45) is 5.92 Å². The fraction of sp³-hybridized carbons (Fsp3) is 0.421. The van der Waals surface area contributed by atoms with E-state index in [1.54, 1.807) is 12.4 Å². The van der Waals surface area contributed by atoms with E-state index in [1.165, 1.54) is 12.0 Å². The van der Waals surface area contributed by atoms with Crippen LogP contribution in [0.1, 0.15) is 24.1 Å². The van der Waals surface area contributed by atoms with Crippen LogP contribution in [0.5, 0.6) is 5.75 Å². The molecule has 2 heterocycles. The minimum Gasteiger partial charge on any atom is -0.482 e. The number of nitrogens with zero attached hydrogens (tertiary/aromatic N) is 3. The fourth-order valence-corrected chi connectivity index (χ4v) is 3.36. The minimum atomic E-state index is -0.975. The Morgan fingerprint density at radius 2 is 2.04 bits per heavy atom. The normalized spacial score (nSPS) is 17.8. The zero-order chi connectivity index (χ0) is 18.4. The lowest BCUT2D eigenvalue weighted by Gasteiger charge is -2.32. The number of nitrogen functional groups attached to an aromatic ring is 1. The second kappa shape index (κ2) is 8.62. The molecule has 3 N–H and O–H groups in total. The number of hydrogen-bond donors (Lipinski definition) is 2. The van der Waals surface area contributed by atoms with Gasteiger partial charge in [-0.05, 0) is 49.4 Å². The summed E-state index contributed by atoms with van der Waals surface area (Å²) in [6.45, 7) is 2.63. The second-order valence-corrected chi connectivity index (χ2v) is 6.66. The first-order chi connectivity index (χ1) is 12.6. The van der Waals surface area contributed by atoms with Crippen LogP contribution >= 0.6 is 0 Å². The number of nitrogens with two attached hydrogens (primary N) is 1. The average molecular weight is 356 g/mol. The number of rotatable bonds is 7. The van der Waals surface area contributed by atoms with Crippen molar-refractivity contribution in [2.45, 2.75) is 25.8 Å². The summed E-state index contributed by atoms with van der Waals surface area (Å²) < 4.78 is 5.17. The van der Waals surface area contributed by atoms with Gasteiger partial charge in [-0.25, -0.2) is 9.78 Å². The van der Waals surface area contributed by atoms with Crippen LogP contribution in [-0.4, -0.2) is 45.6 Å². The highest BCUT2D eigenvalue weighted by Gasteiger charge is 2.21. The Hall–Kier alpha value is -2.67. The van der Waals surface area contributed by atoms with Gasteiger partial charge in [0.2, 0.25) is 0 Å². The van der Waals surface area contributed by atoms with Crippen LogP contribution in [0.25, 0.3) is 0 Å². The number of benzene rings is 1. The number of carboxylic acids is 1. The van der Waals surface area contributed by atoms with E-state index in [1.807, 2.05) is 24.3 Å². The second-order valence-electron chi connectivity index (χ2n) is 6.66. The van der Waals surface area contributed by atoms with Crippen molar-refractivity contribution in [1.82, 2.24) is 14.9 Å². The zero-order valence-corrected chi connectivity index (χ0v) is 14.7. The van der Waals surface area contributed by atoms with Gasteiger partial charge in [-0.15, -0.1) is 0 Å². The predicted molar refractivity (Wildman–Crippen MR) is 97.7 cm³/mol. The summed E-state index contributed by atoms with van der Waals surface area (Å²) >= 11 is 0. The molecular formula is C19H24N4O3. The molecule has 0 aliphatic carbocycles. The molecule has 0 bridgehead atoms. The van der Waals surface area contributed by atoms with Crippen molar-refractivity contribution in [3.05, 3.63) is 47.9 Å². The summed E-state index contributed by atoms with van der Waals surface area (Å²) in [4.78, 5) is 21.5. The largest absolute Gasteiger partial charge is 0.482 e. The van der Waals surface area contributed by atoms with E-state index in [0.717, 1.165) is 38.2 Å². The van der Waals surface area contributed by atoms with Gasteiger partial charge in [0.15, 0.2) is 6.61 Å². The van der Waals surface area contributed by atoms with Gasteiger partial charge in [0, 0.05) is 25.5 Å². The molecule has 0 spiro atoms. The van der Waals surface area contributed by atoms with E-state index >= 15 is 0 Å². The van der Waals surface area contributed by atoms with Crippen LogP contribution in [-0.2, 0) is 17.8 Å². The smallest absolute Gasteiger partial charge is 0.341 e. The first kappa shape index (κ1) is 18.1. The maximum atomic E-state index is 10.5. The minimum absolute atomic E-state index is 0.321. The first-order valence-electron chi connectivity index (χ1n) is 8.81. The van der Waals surface area contributed by atoms with Gasteiger partial charge < -0.3 is 15.6 Å². The van der Waals surface area contributed by atoms with E-state index in [-0.39, 0.29) is 6.61 Å². The maximum absolute atomic E-state index is 10.5. The zero-order valence-electron chi connectivity index (χ0n) is 14.7. The first-order valence-corrected chi connectivity index (χ1v) is 8.81. The van der Waals surface area contributed by atoms with Gasteiger partial charge in [0.25, 0.3) is 0 Å². The molecular weight excluding hydrogens is 332 g/mol. The predicted octanol–water partition coefficient (Wildman–Crippen LogP) is 1.98. The molecule has 3 rings (SSSR count). The topological polar surface area (TPSA) is 102 Å². The third kappa shape index (κ3) is 5.16. The number of aromatic nitrogens is 2. The third-order valence-corrected chi connectivity index (χ3v) is 4.58. The summed E-state index contributed by atoms with van der Waals surface area (Å²) in [5, 5.41) is 8.65. The Bertz CT molecular complexity index is 736. The van der Waals surface area contributed by atoms with E-state index < -0.39 is 5.97 Å². The molecule has 26 heavy (non-hydrogen) atoms. The average Bonchev–Trinajstić information content (AvgIpc) is 2.63. The quantitative estimate of drug-likeness (QED) is 0.782. The summed E-state index contributed by atoms with van der Waals surface area (Å²) in [7, 11) is 0. The molecule has 1 fully saturated rings. The summed E-state index contributed by atoms with van der Waals surface area (Å²) in [6, 6.07) is 7.61. The van der Waals surface area contributed by atoms with Crippen LogP contribution in [0, 0.1) is 5.92 Å². The van der Waals surface area contributed by atoms with Crippen LogP contribution in [0.4, 0.5) is 5.82 Å². The fourth-order valence-electron chi connectivity index (χ4n) is 3.36. The summed E-state index contributed by atoms with van der Waals surface area (Å²) in [5.41, 5.74) is 7.99. The van der Waals surface area contributed by atoms with Gasteiger partial charge in [0.05, 0.1) is 5.69 Å². The molecule has 1 unspecified atom stereocenters. The molecule has 0 saturated carbocycles. The van der Waals surface area contributed by atoms with Gasteiger partial charge in [-0.2, -0.15) is 0 Å². The number of piperidine rings is 1. The van der Waals surface area contributed by atoms with Crippen LogP contribution in [0.15, 0.2) is 36.7 Å². The van der Waals surface area contributed by atoms with E-state index in [4.69, 9.17) is 15.6 Å². The van der Waals surface area contributed by atoms with Crippen LogP contribution in [0.3, 0.4) is 0 Å². The maximum Gasteiger partial charge on any atom is 0.341 e. The molecule has 1 aliphatic rings. The molecule has 7 nitrogen and oxygen atoms in total. The lowest BCUT2D eigenvalue weighted by Crippen LogP contribution is -2.36. The Morgan fingerprint density at radius 3 is 2.77 bits per heavy atom. The Balaban J connectivity index is 1.53. The Labute approximate surface area is 152 Å². The van der Waals surface area contributed by atoms with Gasteiger partial charge in [0.1, 0.15) is 11.6 Å². The lowest BCUT2D eigenvalue weighted by molar-refractivity contribution is -0.139. The molecule has 1 aliphatic heterocycles. The molecule has 0 radical (unpaired) electrons. The SMILES string of the molecule is Nc1nccnc1CC1CCCN(Cc2ccc(OCC(=O)O)cc2)C1. The number of anilines is 1. The van der Waals surface area contributed by atoms with Crippen molar-refractivity contribution in [3.63, 3.8) is 0 Å². The van der Waals surface area contributed by atoms with Gasteiger partial charge >= 0.3 is 5.97 Å². The lowest BCUT2D eigenvalue weighted by atomic mass is 9.93. The molecule has 1 aromatic carbocycles. The van der Waals surface area contributed by atoms with E-state index in [9.17, 15) is 4.79 Å². The molecule has 1 atom stereocenters. The number of likely N-dealkylation sites (tertiary alicyclic amines) is 1.